The highest BCUT2D eigenvalue weighted by atomic mass is 32.2. The maximum Gasteiger partial charge on any atom is 0.223 e. The minimum absolute atomic E-state index is 0.127. The first-order valence-electron chi connectivity index (χ1n) is 8.01. The minimum atomic E-state index is 0.127. The zero-order chi connectivity index (χ0) is 17.0. The fourth-order valence-corrected chi connectivity index (χ4v) is 3.64. The van der Waals surface area contributed by atoms with Crippen molar-refractivity contribution in [2.45, 2.75) is 26.3 Å². The molecule has 4 nitrogen and oxygen atoms in total. The molecule has 2 atom stereocenters. The van der Waals surface area contributed by atoms with Crippen LogP contribution >= 0.6 is 11.8 Å². The highest BCUT2D eigenvalue weighted by molar-refractivity contribution is 8.13. The van der Waals surface area contributed by atoms with E-state index in [-0.39, 0.29) is 23.0 Å². The number of likely N-dealkylation sites (tertiary alicyclic amines) is 1. The molecule has 5 heteroatoms. The number of hydrogen-bond acceptors (Lipinski definition) is 4. The van der Waals surface area contributed by atoms with Crippen LogP contribution in [-0.4, -0.2) is 53.8 Å². The number of likely N-dealkylation sites (N-methyl/N-ethyl adjacent to an activating group) is 1. The zero-order valence-electron chi connectivity index (χ0n) is 14.4. The highest BCUT2D eigenvalue weighted by Gasteiger charge is 2.32. The quantitative estimate of drug-likeness (QED) is 0.802. The Kier molecular flexibility index (Phi) is 6.25. The van der Waals surface area contributed by atoms with Gasteiger partial charge < -0.3 is 9.80 Å². The molecule has 1 fully saturated rings. The lowest BCUT2D eigenvalue weighted by molar-refractivity contribution is -0.128. The maximum absolute atomic E-state index is 12.3. The maximum atomic E-state index is 12.3. The molecule has 1 saturated heterocycles. The van der Waals surface area contributed by atoms with Crippen LogP contribution in [0.2, 0.25) is 0 Å². The van der Waals surface area contributed by atoms with Crippen LogP contribution in [0.1, 0.15) is 30.5 Å². The molecule has 2 rings (SSSR count). The summed E-state index contributed by atoms with van der Waals surface area (Å²) in [5, 5.41) is 0.127. The van der Waals surface area contributed by atoms with Crippen molar-refractivity contribution in [1.29, 1.82) is 0 Å². The molecule has 1 aliphatic rings. The number of rotatable bonds is 6. The molecule has 0 saturated carbocycles. The lowest BCUT2D eigenvalue weighted by Crippen LogP contribution is -2.36. The second kappa shape index (κ2) is 7.97. The van der Waals surface area contributed by atoms with Gasteiger partial charge in [-0.15, -0.1) is 0 Å². The number of carbonyl (C=O) groups is 2. The van der Waals surface area contributed by atoms with Crippen LogP contribution in [0.25, 0.3) is 0 Å². The van der Waals surface area contributed by atoms with Crippen LogP contribution < -0.4 is 0 Å². The predicted octanol–water partition coefficient (Wildman–Crippen LogP) is 2.73. The van der Waals surface area contributed by atoms with Gasteiger partial charge in [0.25, 0.3) is 0 Å². The molecule has 0 bridgehead atoms. The number of thioether (sulfide) groups is 1. The molecule has 1 aromatic rings. The summed E-state index contributed by atoms with van der Waals surface area (Å²) in [6.07, 6.45) is 0.564. The lowest BCUT2D eigenvalue weighted by atomic mass is 10.0. The van der Waals surface area contributed by atoms with E-state index in [1.54, 1.807) is 6.92 Å². The third-order valence-corrected chi connectivity index (χ3v) is 5.34. The average Bonchev–Trinajstić information content (AvgIpc) is 2.84. The Hall–Kier alpha value is -1.33. The second-order valence-electron chi connectivity index (χ2n) is 6.56. The molecule has 0 spiro atoms. The van der Waals surface area contributed by atoms with Gasteiger partial charge in [0.1, 0.15) is 0 Å². The van der Waals surface area contributed by atoms with E-state index >= 15 is 0 Å². The van der Waals surface area contributed by atoms with E-state index in [0.29, 0.717) is 13.0 Å². The van der Waals surface area contributed by atoms with Crippen molar-refractivity contribution in [2.75, 3.05) is 32.9 Å². The Labute approximate surface area is 143 Å². The second-order valence-corrected chi connectivity index (χ2v) is 7.76. The average molecular weight is 334 g/mol. The van der Waals surface area contributed by atoms with Crippen LogP contribution in [-0.2, 0) is 9.59 Å². The van der Waals surface area contributed by atoms with E-state index in [2.05, 4.69) is 36.1 Å². The molecule has 1 aliphatic heterocycles. The highest BCUT2D eigenvalue weighted by Crippen LogP contribution is 2.26. The molecular weight excluding hydrogens is 308 g/mol. The number of nitrogens with zero attached hydrogens (tertiary/aromatic N) is 2. The first-order valence-corrected chi connectivity index (χ1v) is 8.99. The fraction of sp³-hybridized carbons (Fsp3) is 0.556. The van der Waals surface area contributed by atoms with E-state index in [1.807, 2.05) is 19.0 Å². The van der Waals surface area contributed by atoms with E-state index in [1.165, 1.54) is 22.9 Å². The number of amides is 1. The molecule has 23 heavy (non-hydrogen) atoms. The summed E-state index contributed by atoms with van der Waals surface area (Å²) in [6.45, 7) is 5.12. The van der Waals surface area contributed by atoms with Gasteiger partial charge in [-0.05, 0) is 32.5 Å². The fourth-order valence-electron chi connectivity index (χ4n) is 2.94. The molecule has 0 radical (unpaired) electrons. The summed E-state index contributed by atoms with van der Waals surface area (Å²) in [5.74, 6) is 1.24. The van der Waals surface area contributed by atoms with Crippen molar-refractivity contribution in [3.05, 3.63) is 35.4 Å². The molecule has 126 valence electrons. The zero-order valence-corrected chi connectivity index (χ0v) is 15.2. The van der Waals surface area contributed by atoms with Crippen molar-refractivity contribution in [2.24, 2.45) is 5.92 Å². The van der Waals surface area contributed by atoms with E-state index in [4.69, 9.17) is 0 Å². The standard InChI is InChI=1S/C18H26N2O2S/c1-13-5-7-16(8-6-13)17(19(3)4)11-20-10-15(9-18(20)22)12-23-14(2)21/h5-8,15,17H,9-12H2,1-4H3. The van der Waals surface area contributed by atoms with Gasteiger partial charge in [-0.1, -0.05) is 41.6 Å². The summed E-state index contributed by atoms with van der Waals surface area (Å²) < 4.78 is 0. The third-order valence-electron chi connectivity index (χ3n) is 4.30. The third kappa shape index (κ3) is 5.08. The van der Waals surface area contributed by atoms with E-state index in [9.17, 15) is 9.59 Å². The molecule has 2 unspecified atom stereocenters. The summed E-state index contributed by atoms with van der Waals surface area (Å²) in [6, 6.07) is 8.71. The van der Waals surface area contributed by atoms with Crippen molar-refractivity contribution in [1.82, 2.24) is 9.80 Å². The van der Waals surface area contributed by atoms with Gasteiger partial charge in [0, 0.05) is 32.2 Å². The smallest absolute Gasteiger partial charge is 0.223 e. The van der Waals surface area contributed by atoms with Crippen LogP contribution in [0, 0.1) is 12.8 Å². The number of aryl methyl sites for hydroxylation is 1. The number of carbonyl (C=O) groups excluding carboxylic acids is 2. The largest absolute Gasteiger partial charge is 0.340 e. The van der Waals surface area contributed by atoms with Gasteiger partial charge in [0.15, 0.2) is 5.12 Å². The normalized spacial score (nSPS) is 19.4. The van der Waals surface area contributed by atoms with Crippen LogP contribution in [0.3, 0.4) is 0 Å². The van der Waals surface area contributed by atoms with Crippen molar-refractivity contribution in [3.8, 4) is 0 Å². The molecule has 1 heterocycles. The van der Waals surface area contributed by atoms with Gasteiger partial charge in [0.05, 0.1) is 6.04 Å². The number of benzene rings is 1. The number of hydrogen-bond donors (Lipinski definition) is 0. The first-order chi connectivity index (χ1) is 10.9. The summed E-state index contributed by atoms with van der Waals surface area (Å²) in [5.41, 5.74) is 2.47. The Morgan fingerprint density at radius 3 is 2.57 bits per heavy atom. The van der Waals surface area contributed by atoms with Crippen LogP contribution in [0.5, 0.6) is 0 Å². The van der Waals surface area contributed by atoms with Crippen molar-refractivity contribution < 1.29 is 9.59 Å². The topological polar surface area (TPSA) is 40.6 Å². The Bertz CT molecular complexity index is 557. The predicted molar refractivity (Wildman–Crippen MR) is 95.4 cm³/mol. The minimum Gasteiger partial charge on any atom is -0.340 e. The summed E-state index contributed by atoms with van der Waals surface area (Å²) in [4.78, 5) is 27.5. The molecule has 1 aromatic carbocycles. The summed E-state index contributed by atoms with van der Waals surface area (Å²) in [7, 11) is 4.10. The summed E-state index contributed by atoms with van der Waals surface area (Å²) >= 11 is 1.33. The molecule has 1 amide bonds. The van der Waals surface area contributed by atoms with Crippen LogP contribution in [0.15, 0.2) is 24.3 Å². The lowest BCUT2D eigenvalue weighted by Gasteiger charge is -2.29. The SMILES string of the molecule is CC(=O)SCC1CC(=O)N(CC(c2ccc(C)cc2)N(C)C)C1. The van der Waals surface area contributed by atoms with Gasteiger partial charge in [-0.2, -0.15) is 0 Å². The first kappa shape index (κ1) is 18.0. The van der Waals surface area contributed by atoms with Gasteiger partial charge in [0.2, 0.25) is 5.91 Å². The van der Waals surface area contributed by atoms with Crippen molar-refractivity contribution >= 4 is 22.8 Å². The molecular formula is C18H26N2O2S. The molecule has 0 N–H and O–H groups in total. The van der Waals surface area contributed by atoms with Crippen molar-refractivity contribution in [3.63, 3.8) is 0 Å². The molecule has 0 aromatic heterocycles. The Morgan fingerprint density at radius 2 is 2.00 bits per heavy atom. The van der Waals surface area contributed by atoms with Crippen LogP contribution in [0.4, 0.5) is 0 Å². The van der Waals surface area contributed by atoms with Gasteiger partial charge in [-0.25, -0.2) is 0 Å². The Balaban J connectivity index is 2.01. The molecule has 0 aliphatic carbocycles. The van der Waals surface area contributed by atoms with Gasteiger partial charge >= 0.3 is 0 Å². The van der Waals surface area contributed by atoms with Gasteiger partial charge in [-0.3, -0.25) is 9.59 Å². The van der Waals surface area contributed by atoms with E-state index in [0.717, 1.165) is 12.3 Å². The monoisotopic (exact) mass is 334 g/mol. The van der Waals surface area contributed by atoms with E-state index < -0.39 is 0 Å². The Morgan fingerprint density at radius 1 is 1.35 bits per heavy atom.